The normalized spacial score (nSPS) is 12.9. The van der Waals surface area contributed by atoms with Crippen molar-refractivity contribution in [3.8, 4) is 0 Å². The molecule has 112 valence electrons. The van der Waals surface area contributed by atoms with Crippen LogP contribution < -0.4 is 11.1 Å². The highest BCUT2D eigenvalue weighted by atomic mass is 32.2. The minimum absolute atomic E-state index is 0.0759. The summed E-state index contributed by atoms with van der Waals surface area (Å²) in [5, 5.41) is 2.66. The van der Waals surface area contributed by atoms with E-state index in [9.17, 15) is 13.2 Å². The fraction of sp³-hybridized carbons (Fsp3) is 0.500. The molecule has 0 heterocycles. The third-order valence-electron chi connectivity index (χ3n) is 2.91. The van der Waals surface area contributed by atoms with Gasteiger partial charge >= 0.3 is 0 Å². The number of hydrogen-bond acceptors (Lipinski definition) is 4. The number of rotatable bonds is 8. The van der Waals surface area contributed by atoms with E-state index >= 15 is 0 Å². The highest BCUT2D eigenvalue weighted by Gasteiger charge is 2.12. The van der Waals surface area contributed by atoms with Crippen LogP contribution in [-0.4, -0.2) is 38.9 Å². The molecule has 0 radical (unpaired) electrons. The van der Waals surface area contributed by atoms with Gasteiger partial charge in [0.25, 0.3) is 0 Å². The minimum atomic E-state index is -2.97. The number of carbonyl (C=O) groups is 1. The first-order valence-electron chi connectivity index (χ1n) is 6.63. The van der Waals surface area contributed by atoms with Gasteiger partial charge in [-0.25, -0.2) is 8.42 Å². The third kappa shape index (κ3) is 7.25. The van der Waals surface area contributed by atoms with E-state index in [4.69, 9.17) is 5.73 Å². The summed E-state index contributed by atoms with van der Waals surface area (Å²) < 4.78 is 21.9. The second kappa shape index (κ2) is 8.01. The van der Waals surface area contributed by atoms with Crippen LogP contribution in [0.3, 0.4) is 0 Å². The standard InChI is InChI=1S/C14H22N2O3S/c1-20(18,19)11-5-10-16-14(17)13(15)9-8-12-6-3-2-4-7-12/h2-4,6-7,13H,5,8-11,15H2,1H3,(H,16,17). The molecule has 1 rings (SSSR count). The van der Waals surface area contributed by atoms with E-state index in [1.807, 2.05) is 30.3 Å². The van der Waals surface area contributed by atoms with Crippen LogP contribution in [0, 0.1) is 0 Å². The van der Waals surface area contributed by atoms with Crippen molar-refractivity contribution in [3.05, 3.63) is 35.9 Å². The van der Waals surface area contributed by atoms with Gasteiger partial charge in [-0.1, -0.05) is 30.3 Å². The van der Waals surface area contributed by atoms with Gasteiger partial charge in [0.2, 0.25) is 5.91 Å². The fourth-order valence-corrected chi connectivity index (χ4v) is 2.44. The number of carbonyl (C=O) groups excluding carboxylic acids is 1. The van der Waals surface area contributed by atoms with Crippen LogP contribution in [0.15, 0.2) is 30.3 Å². The van der Waals surface area contributed by atoms with Crippen LogP contribution in [0.1, 0.15) is 18.4 Å². The Labute approximate surface area is 120 Å². The van der Waals surface area contributed by atoms with E-state index in [0.717, 1.165) is 12.0 Å². The van der Waals surface area contributed by atoms with E-state index in [0.29, 0.717) is 19.4 Å². The monoisotopic (exact) mass is 298 g/mol. The van der Waals surface area contributed by atoms with Gasteiger partial charge in [-0.15, -0.1) is 0 Å². The van der Waals surface area contributed by atoms with Gasteiger partial charge in [0.15, 0.2) is 0 Å². The van der Waals surface area contributed by atoms with E-state index in [-0.39, 0.29) is 11.7 Å². The highest BCUT2D eigenvalue weighted by Crippen LogP contribution is 2.04. The molecule has 0 fully saturated rings. The van der Waals surface area contributed by atoms with E-state index in [2.05, 4.69) is 5.32 Å². The number of amides is 1. The van der Waals surface area contributed by atoms with Crippen LogP contribution in [0.25, 0.3) is 0 Å². The topological polar surface area (TPSA) is 89.3 Å². The van der Waals surface area contributed by atoms with E-state index in [1.54, 1.807) is 0 Å². The zero-order chi connectivity index (χ0) is 15.0. The molecule has 1 aromatic carbocycles. The summed E-state index contributed by atoms with van der Waals surface area (Å²) in [6.45, 7) is 0.338. The molecule has 0 aromatic heterocycles. The molecule has 1 unspecified atom stereocenters. The lowest BCUT2D eigenvalue weighted by molar-refractivity contribution is -0.122. The Morgan fingerprint density at radius 3 is 2.55 bits per heavy atom. The molecule has 0 aliphatic heterocycles. The fourth-order valence-electron chi connectivity index (χ4n) is 1.77. The first-order valence-corrected chi connectivity index (χ1v) is 8.69. The molecule has 1 atom stereocenters. The molecule has 0 bridgehead atoms. The van der Waals surface area contributed by atoms with Crippen molar-refractivity contribution in [2.75, 3.05) is 18.6 Å². The van der Waals surface area contributed by atoms with Gasteiger partial charge < -0.3 is 11.1 Å². The zero-order valence-electron chi connectivity index (χ0n) is 11.7. The second-order valence-corrected chi connectivity index (χ2v) is 7.16. The Morgan fingerprint density at radius 1 is 1.30 bits per heavy atom. The molecule has 6 heteroatoms. The molecule has 1 amide bonds. The van der Waals surface area contributed by atoms with Crippen LogP contribution in [0.5, 0.6) is 0 Å². The summed E-state index contributed by atoms with van der Waals surface area (Å²) in [4.78, 5) is 11.7. The quantitative estimate of drug-likeness (QED) is 0.684. The predicted molar refractivity (Wildman–Crippen MR) is 80.1 cm³/mol. The van der Waals surface area contributed by atoms with Gasteiger partial charge in [-0.05, 0) is 24.8 Å². The van der Waals surface area contributed by atoms with Crippen molar-refractivity contribution in [2.24, 2.45) is 5.73 Å². The van der Waals surface area contributed by atoms with Crippen molar-refractivity contribution in [1.82, 2.24) is 5.32 Å². The Balaban J connectivity index is 2.22. The Morgan fingerprint density at radius 2 is 1.95 bits per heavy atom. The largest absolute Gasteiger partial charge is 0.355 e. The number of aryl methyl sites for hydroxylation is 1. The van der Waals surface area contributed by atoms with Crippen molar-refractivity contribution in [2.45, 2.75) is 25.3 Å². The van der Waals surface area contributed by atoms with Gasteiger partial charge in [0.1, 0.15) is 9.84 Å². The molecule has 3 N–H and O–H groups in total. The van der Waals surface area contributed by atoms with Crippen LogP contribution >= 0.6 is 0 Å². The molecular weight excluding hydrogens is 276 g/mol. The molecule has 1 aromatic rings. The lowest BCUT2D eigenvalue weighted by Gasteiger charge is -2.12. The SMILES string of the molecule is CS(=O)(=O)CCCNC(=O)C(N)CCc1ccccc1. The van der Waals surface area contributed by atoms with Gasteiger partial charge in [-0.2, -0.15) is 0 Å². The van der Waals surface area contributed by atoms with Gasteiger partial charge in [0.05, 0.1) is 11.8 Å². The van der Waals surface area contributed by atoms with Crippen molar-refractivity contribution in [3.63, 3.8) is 0 Å². The van der Waals surface area contributed by atoms with Gasteiger partial charge in [0, 0.05) is 12.8 Å². The number of hydrogen-bond donors (Lipinski definition) is 2. The van der Waals surface area contributed by atoms with Crippen LogP contribution in [0.2, 0.25) is 0 Å². The zero-order valence-corrected chi connectivity index (χ0v) is 12.5. The molecule has 0 aliphatic rings. The smallest absolute Gasteiger partial charge is 0.236 e. The van der Waals surface area contributed by atoms with Crippen molar-refractivity contribution >= 4 is 15.7 Å². The maximum atomic E-state index is 11.7. The van der Waals surface area contributed by atoms with Gasteiger partial charge in [-0.3, -0.25) is 4.79 Å². The Hall–Kier alpha value is -1.40. The third-order valence-corrected chi connectivity index (χ3v) is 3.95. The summed E-state index contributed by atoms with van der Waals surface area (Å²) in [6.07, 6.45) is 2.91. The van der Waals surface area contributed by atoms with Crippen molar-refractivity contribution in [1.29, 1.82) is 0 Å². The Bertz CT molecular complexity index is 514. The average Bonchev–Trinajstić information content (AvgIpc) is 2.40. The first-order chi connectivity index (χ1) is 9.38. The summed E-state index contributed by atoms with van der Waals surface area (Å²) in [6, 6.07) is 9.28. The molecule has 5 nitrogen and oxygen atoms in total. The maximum Gasteiger partial charge on any atom is 0.236 e. The molecule has 0 aliphatic carbocycles. The van der Waals surface area contributed by atoms with Crippen molar-refractivity contribution < 1.29 is 13.2 Å². The highest BCUT2D eigenvalue weighted by molar-refractivity contribution is 7.90. The molecule has 0 saturated heterocycles. The minimum Gasteiger partial charge on any atom is -0.355 e. The Kier molecular flexibility index (Phi) is 6.67. The van der Waals surface area contributed by atoms with E-state index in [1.165, 1.54) is 6.26 Å². The maximum absolute atomic E-state index is 11.7. The van der Waals surface area contributed by atoms with Crippen LogP contribution in [0.4, 0.5) is 0 Å². The summed E-state index contributed by atoms with van der Waals surface area (Å²) in [5.74, 6) is -0.151. The van der Waals surface area contributed by atoms with Crippen LogP contribution in [-0.2, 0) is 21.1 Å². The molecule has 20 heavy (non-hydrogen) atoms. The number of benzene rings is 1. The predicted octanol–water partition coefficient (Wildman–Crippen LogP) is 0.497. The molecular formula is C14H22N2O3S. The summed E-state index contributed by atoms with van der Waals surface area (Å²) >= 11 is 0. The van der Waals surface area contributed by atoms with E-state index < -0.39 is 15.9 Å². The second-order valence-electron chi connectivity index (χ2n) is 4.91. The average molecular weight is 298 g/mol. The summed E-state index contributed by atoms with van der Waals surface area (Å²) in [5.41, 5.74) is 6.95. The number of nitrogens with two attached hydrogens (primary N) is 1. The molecule has 0 spiro atoms. The lowest BCUT2D eigenvalue weighted by Crippen LogP contribution is -2.41. The number of nitrogens with one attached hydrogen (secondary N) is 1. The number of sulfone groups is 1. The molecule has 0 saturated carbocycles. The summed E-state index contributed by atoms with van der Waals surface area (Å²) in [7, 11) is -2.97. The lowest BCUT2D eigenvalue weighted by atomic mass is 10.1. The first kappa shape index (κ1) is 16.7.